The maximum Gasteiger partial charge on any atom is 0.0911 e. The highest BCUT2D eigenvalue weighted by Gasteiger charge is 2.01. The van der Waals surface area contributed by atoms with Crippen molar-refractivity contribution in [2.75, 3.05) is 13.2 Å². The third kappa shape index (κ3) is 4.34. The topological polar surface area (TPSA) is 67.5 Å². The van der Waals surface area contributed by atoms with Gasteiger partial charge in [-0.1, -0.05) is 30.3 Å². The number of aliphatic hydroxyl groups is 1. The van der Waals surface area contributed by atoms with Gasteiger partial charge in [0.2, 0.25) is 0 Å². The second-order valence-corrected chi connectivity index (χ2v) is 3.06. The summed E-state index contributed by atoms with van der Waals surface area (Å²) in [5.41, 5.74) is 3.48. The number of aliphatic hydroxyl groups excluding tert-OH is 1. The van der Waals surface area contributed by atoms with Gasteiger partial charge in [-0.3, -0.25) is 11.3 Å². The Morgan fingerprint density at radius 1 is 1.36 bits per heavy atom. The molecule has 4 N–H and O–H groups in total. The van der Waals surface area contributed by atoms with E-state index in [4.69, 9.17) is 10.6 Å². The van der Waals surface area contributed by atoms with Crippen LogP contribution < -0.4 is 11.3 Å². The second-order valence-electron chi connectivity index (χ2n) is 3.06. The highest BCUT2D eigenvalue weighted by Crippen LogP contribution is 2.00. The Bertz CT molecular complexity index is 241. The Kier molecular flexibility index (Phi) is 5.17. The van der Waals surface area contributed by atoms with Crippen LogP contribution >= 0.6 is 0 Å². The van der Waals surface area contributed by atoms with Crippen LogP contribution in [0.3, 0.4) is 0 Å². The molecule has 0 aliphatic carbocycles. The van der Waals surface area contributed by atoms with Crippen molar-refractivity contribution in [1.82, 2.24) is 5.43 Å². The zero-order valence-corrected chi connectivity index (χ0v) is 8.02. The fraction of sp³-hybridized carbons (Fsp3) is 0.400. The van der Waals surface area contributed by atoms with Crippen molar-refractivity contribution in [3.63, 3.8) is 0 Å². The molecule has 0 saturated carbocycles. The Morgan fingerprint density at radius 2 is 2.07 bits per heavy atom. The average Bonchev–Trinajstić information content (AvgIpc) is 2.20. The summed E-state index contributed by atoms with van der Waals surface area (Å²) < 4.78 is 5.29. The molecule has 0 heterocycles. The SMILES string of the molecule is NNCC(O)COCc1ccccc1. The third-order valence-corrected chi connectivity index (χ3v) is 1.78. The highest BCUT2D eigenvalue weighted by molar-refractivity contribution is 5.13. The number of ether oxygens (including phenoxy) is 1. The molecular formula is C10H16N2O2. The van der Waals surface area contributed by atoms with E-state index in [0.717, 1.165) is 5.56 Å². The van der Waals surface area contributed by atoms with Crippen molar-refractivity contribution in [1.29, 1.82) is 0 Å². The third-order valence-electron chi connectivity index (χ3n) is 1.78. The van der Waals surface area contributed by atoms with Crippen LogP contribution in [-0.4, -0.2) is 24.4 Å². The van der Waals surface area contributed by atoms with Crippen molar-refractivity contribution < 1.29 is 9.84 Å². The summed E-state index contributed by atoms with van der Waals surface area (Å²) in [5, 5.41) is 9.26. The summed E-state index contributed by atoms with van der Waals surface area (Å²) in [5.74, 6) is 5.05. The molecule has 1 rings (SSSR count). The van der Waals surface area contributed by atoms with Crippen LogP contribution in [0.5, 0.6) is 0 Å². The zero-order valence-electron chi connectivity index (χ0n) is 8.02. The maximum absolute atomic E-state index is 9.26. The molecule has 0 spiro atoms. The van der Waals surface area contributed by atoms with Crippen LogP contribution in [0.2, 0.25) is 0 Å². The number of hydrazine groups is 1. The van der Waals surface area contributed by atoms with Crippen LogP contribution in [-0.2, 0) is 11.3 Å². The molecule has 0 aliphatic rings. The molecule has 0 bridgehead atoms. The van der Waals surface area contributed by atoms with Gasteiger partial charge in [0.1, 0.15) is 0 Å². The molecule has 0 fully saturated rings. The van der Waals surface area contributed by atoms with E-state index in [2.05, 4.69) is 5.43 Å². The van der Waals surface area contributed by atoms with E-state index in [1.807, 2.05) is 30.3 Å². The van der Waals surface area contributed by atoms with E-state index in [-0.39, 0.29) is 0 Å². The van der Waals surface area contributed by atoms with Crippen LogP contribution in [0.15, 0.2) is 30.3 Å². The van der Waals surface area contributed by atoms with Gasteiger partial charge in [0.25, 0.3) is 0 Å². The summed E-state index contributed by atoms with van der Waals surface area (Å²) in [6.07, 6.45) is -0.552. The molecule has 14 heavy (non-hydrogen) atoms. The minimum atomic E-state index is -0.552. The lowest BCUT2D eigenvalue weighted by atomic mass is 10.2. The van der Waals surface area contributed by atoms with Gasteiger partial charge in [0, 0.05) is 6.54 Å². The Balaban J connectivity index is 2.16. The first kappa shape index (κ1) is 11.1. The molecule has 1 aromatic rings. The molecule has 0 aliphatic heterocycles. The summed E-state index contributed by atoms with van der Waals surface area (Å²) in [6.45, 7) is 1.15. The molecule has 0 radical (unpaired) electrons. The molecule has 4 nitrogen and oxygen atoms in total. The first-order valence-electron chi connectivity index (χ1n) is 4.56. The second kappa shape index (κ2) is 6.50. The Labute approximate surface area is 83.7 Å². The van der Waals surface area contributed by atoms with Gasteiger partial charge in [0.05, 0.1) is 19.3 Å². The van der Waals surface area contributed by atoms with Gasteiger partial charge in [-0.25, -0.2) is 0 Å². The molecule has 1 aromatic carbocycles. The van der Waals surface area contributed by atoms with E-state index >= 15 is 0 Å². The molecule has 0 aromatic heterocycles. The lowest BCUT2D eigenvalue weighted by molar-refractivity contribution is 0.0290. The van der Waals surface area contributed by atoms with Crippen LogP contribution in [0, 0.1) is 0 Å². The van der Waals surface area contributed by atoms with E-state index in [1.54, 1.807) is 0 Å². The van der Waals surface area contributed by atoms with Crippen molar-refractivity contribution in [2.24, 2.45) is 5.84 Å². The van der Waals surface area contributed by atoms with E-state index < -0.39 is 6.10 Å². The number of benzene rings is 1. The number of rotatable bonds is 6. The van der Waals surface area contributed by atoms with Crippen molar-refractivity contribution in [3.8, 4) is 0 Å². The highest BCUT2D eigenvalue weighted by atomic mass is 16.5. The predicted molar refractivity (Wildman–Crippen MR) is 54.3 cm³/mol. The summed E-state index contributed by atoms with van der Waals surface area (Å²) in [7, 11) is 0. The van der Waals surface area contributed by atoms with Gasteiger partial charge < -0.3 is 9.84 Å². The number of hydrogen-bond acceptors (Lipinski definition) is 4. The first-order valence-corrected chi connectivity index (χ1v) is 4.56. The van der Waals surface area contributed by atoms with Crippen LogP contribution in [0.25, 0.3) is 0 Å². The smallest absolute Gasteiger partial charge is 0.0911 e. The quantitative estimate of drug-likeness (QED) is 0.443. The zero-order chi connectivity index (χ0) is 10.2. The van der Waals surface area contributed by atoms with E-state index in [9.17, 15) is 5.11 Å². The molecule has 1 atom stereocenters. The normalized spacial score (nSPS) is 12.7. The molecule has 0 saturated heterocycles. The summed E-state index contributed by atoms with van der Waals surface area (Å²) in [4.78, 5) is 0. The molecular weight excluding hydrogens is 180 g/mol. The summed E-state index contributed by atoms with van der Waals surface area (Å²) >= 11 is 0. The van der Waals surface area contributed by atoms with Gasteiger partial charge in [-0.15, -0.1) is 0 Å². The minimum absolute atomic E-state index is 0.291. The molecule has 1 unspecified atom stereocenters. The minimum Gasteiger partial charge on any atom is -0.389 e. The number of hydrogen-bond donors (Lipinski definition) is 3. The van der Waals surface area contributed by atoms with Gasteiger partial charge in [0.15, 0.2) is 0 Å². The first-order chi connectivity index (χ1) is 6.83. The largest absolute Gasteiger partial charge is 0.389 e. The van der Waals surface area contributed by atoms with Crippen LogP contribution in [0.1, 0.15) is 5.56 Å². The average molecular weight is 196 g/mol. The van der Waals surface area contributed by atoms with Crippen LogP contribution in [0.4, 0.5) is 0 Å². The van der Waals surface area contributed by atoms with Gasteiger partial charge >= 0.3 is 0 Å². The van der Waals surface area contributed by atoms with Gasteiger partial charge in [-0.05, 0) is 5.56 Å². The Hall–Kier alpha value is -0.940. The molecule has 4 heteroatoms. The number of nitrogens with two attached hydrogens (primary N) is 1. The fourth-order valence-electron chi connectivity index (χ4n) is 1.08. The standard InChI is InChI=1S/C10H16N2O2/c11-12-6-10(13)8-14-7-9-4-2-1-3-5-9/h1-5,10,12-13H,6-8,11H2. The maximum atomic E-state index is 9.26. The van der Waals surface area contributed by atoms with E-state index in [0.29, 0.717) is 19.8 Å². The summed E-state index contributed by atoms with van der Waals surface area (Å²) in [6, 6.07) is 9.82. The lowest BCUT2D eigenvalue weighted by Crippen LogP contribution is -2.34. The van der Waals surface area contributed by atoms with E-state index in [1.165, 1.54) is 0 Å². The fourth-order valence-corrected chi connectivity index (χ4v) is 1.08. The Morgan fingerprint density at radius 3 is 2.71 bits per heavy atom. The lowest BCUT2D eigenvalue weighted by Gasteiger charge is -2.10. The van der Waals surface area contributed by atoms with Crippen molar-refractivity contribution >= 4 is 0 Å². The monoisotopic (exact) mass is 196 g/mol. The van der Waals surface area contributed by atoms with Gasteiger partial charge in [-0.2, -0.15) is 0 Å². The number of nitrogens with one attached hydrogen (secondary N) is 1. The predicted octanol–water partition coefficient (Wildman–Crippen LogP) is 0.0274. The molecule has 78 valence electrons. The van der Waals surface area contributed by atoms with Crippen molar-refractivity contribution in [2.45, 2.75) is 12.7 Å². The van der Waals surface area contributed by atoms with Crippen molar-refractivity contribution in [3.05, 3.63) is 35.9 Å². The molecule has 0 amide bonds.